The lowest BCUT2D eigenvalue weighted by Gasteiger charge is -2.06. The second-order valence-corrected chi connectivity index (χ2v) is 7.50. The number of amides is 1. The Morgan fingerprint density at radius 2 is 2.00 bits per heavy atom. The molecule has 0 saturated heterocycles. The number of carbonyl (C=O) groups is 1. The summed E-state index contributed by atoms with van der Waals surface area (Å²) in [5.74, 6) is 0.794. The third-order valence-electron chi connectivity index (χ3n) is 3.42. The summed E-state index contributed by atoms with van der Waals surface area (Å²) in [7, 11) is 0. The summed E-state index contributed by atoms with van der Waals surface area (Å²) >= 11 is 8.82. The molecule has 0 aliphatic rings. The number of benzene rings is 1. The van der Waals surface area contributed by atoms with Crippen LogP contribution in [-0.4, -0.2) is 15.9 Å². The largest absolute Gasteiger partial charge is 0.455 e. The molecular formula is C17H10ClN3O2S2. The molecule has 0 radical (unpaired) electrons. The molecule has 5 nitrogen and oxygen atoms in total. The van der Waals surface area contributed by atoms with Crippen LogP contribution in [0.2, 0.25) is 5.02 Å². The maximum absolute atomic E-state index is 11.2. The second kappa shape index (κ2) is 6.44. The highest BCUT2D eigenvalue weighted by Crippen LogP contribution is 2.39. The van der Waals surface area contributed by atoms with Crippen molar-refractivity contribution in [3.8, 4) is 21.4 Å². The summed E-state index contributed by atoms with van der Waals surface area (Å²) in [5, 5.41) is 3.98. The molecular weight excluding hydrogens is 378 g/mol. The number of ether oxygens (including phenoxy) is 1. The molecule has 3 aromatic heterocycles. The van der Waals surface area contributed by atoms with Gasteiger partial charge in [-0.1, -0.05) is 11.6 Å². The van der Waals surface area contributed by atoms with Crippen LogP contribution in [0.3, 0.4) is 0 Å². The summed E-state index contributed by atoms with van der Waals surface area (Å²) in [6, 6.07) is 9.12. The number of nitrogens with two attached hydrogens (primary N) is 1. The molecule has 0 saturated carbocycles. The SMILES string of the molecule is NC(=O)c1csc(-c2cc3c(Oc4ccc(Cl)cc4)cncc3s2)n1. The van der Waals surface area contributed by atoms with Gasteiger partial charge < -0.3 is 10.5 Å². The molecule has 0 bridgehead atoms. The van der Waals surface area contributed by atoms with Gasteiger partial charge in [0.25, 0.3) is 5.91 Å². The first-order valence-electron chi connectivity index (χ1n) is 7.17. The predicted molar refractivity (Wildman–Crippen MR) is 101 cm³/mol. The van der Waals surface area contributed by atoms with Gasteiger partial charge in [-0.3, -0.25) is 9.78 Å². The van der Waals surface area contributed by atoms with E-state index in [1.807, 2.05) is 6.07 Å². The van der Waals surface area contributed by atoms with Gasteiger partial charge in [0.2, 0.25) is 0 Å². The first kappa shape index (κ1) is 16.0. The lowest BCUT2D eigenvalue weighted by Crippen LogP contribution is -2.10. The Kier molecular flexibility index (Phi) is 4.12. The van der Waals surface area contributed by atoms with Crippen LogP contribution in [0, 0.1) is 0 Å². The molecule has 2 N–H and O–H groups in total. The number of carbonyl (C=O) groups excluding carboxylic acids is 1. The van der Waals surface area contributed by atoms with Crippen LogP contribution in [-0.2, 0) is 0 Å². The molecule has 25 heavy (non-hydrogen) atoms. The van der Waals surface area contributed by atoms with Gasteiger partial charge in [0.05, 0.1) is 15.8 Å². The van der Waals surface area contributed by atoms with Gasteiger partial charge in [0.1, 0.15) is 16.5 Å². The Bertz CT molecular complexity index is 1070. The number of halogens is 1. The maximum Gasteiger partial charge on any atom is 0.268 e. The molecule has 4 rings (SSSR count). The Balaban J connectivity index is 1.72. The summed E-state index contributed by atoms with van der Waals surface area (Å²) in [6.45, 7) is 0. The van der Waals surface area contributed by atoms with Crippen molar-refractivity contribution in [2.45, 2.75) is 0 Å². The minimum Gasteiger partial charge on any atom is -0.455 e. The Labute approximate surface area is 155 Å². The number of aromatic nitrogens is 2. The minimum atomic E-state index is -0.531. The molecule has 0 unspecified atom stereocenters. The van der Waals surface area contributed by atoms with Crippen molar-refractivity contribution in [2.24, 2.45) is 5.73 Å². The van der Waals surface area contributed by atoms with Crippen LogP contribution in [0.25, 0.3) is 20.0 Å². The molecule has 0 aliphatic carbocycles. The molecule has 4 aromatic rings. The van der Waals surface area contributed by atoms with E-state index in [0.29, 0.717) is 16.5 Å². The van der Waals surface area contributed by atoms with E-state index in [9.17, 15) is 4.79 Å². The highest BCUT2D eigenvalue weighted by atomic mass is 35.5. The fraction of sp³-hybridized carbons (Fsp3) is 0. The molecule has 0 aliphatic heterocycles. The number of hydrogen-bond acceptors (Lipinski definition) is 6. The van der Waals surface area contributed by atoms with Crippen LogP contribution >= 0.6 is 34.3 Å². The van der Waals surface area contributed by atoms with E-state index < -0.39 is 5.91 Å². The minimum absolute atomic E-state index is 0.271. The number of pyridine rings is 1. The Morgan fingerprint density at radius 3 is 2.72 bits per heavy atom. The van der Waals surface area contributed by atoms with Crippen LogP contribution in [0.4, 0.5) is 0 Å². The zero-order valence-corrected chi connectivity index (χ0v) is 15.0. The van der Waals surface area contributed by atoms with E-state index in [1.165, 1.54) is 22.7 Å². The molecule has 0 spiro atoms. The molecule has 3 heterocycles. The first-order chi connectivity index (χ1) is 12.1. The van der Waals surface area contributed by atoms with Crippen molar-refractivity contribution in [1.29, 1.82) is 0 Å². The normalized spacial score (nSPS) is 10.9. The van der Waals surface area contributed by atoms with E-state index in [-0.39, 0.29) is 5.69 Å². The quantitative estimate of drug-likeness (QED) is 0.536. The maximum atomic E-state index is 11.2. The monoisotopic (exact) mass is 387 g/mol. The number of thiophene rings is 1. The van der Waals surface area contributed by atoms with Crippen LogP contribution < -0.4 is 10.5 Å². The number of rotatable bonds is 4. The molecule has 124 valence electrons. The molecule has 1 amide bonds. The summed E-state index contributed by atoms with van der Waals surface area (Å²) < 4.78 is 6.90. The number of fused-ring (bicyclic) bond motifs is 1. The average molecular weight is 388 g/mol. The number of primary amides is 1. The average Bonchev–Trinajstić information content (AvgIpc) is 3.23. The first-order valence-corrected chi connectivity index (χ1v) is 9.24. The van der Waals surface area contributed by atoms with Crippen molar-refractivity contribution in [3.05, 3.63) is 58.8 Å². The van der Waals surface area contributed by atoms with E-state index >= 15 is 0 Å². The van der Waals surface area contributed by atoms with Crippen molar-refractivity contribution >= 4 is 50.3 Å². The number of nitrogens with zero attached hydrogens (tertiary/aromatic N) is 2. The van der Waals surface area contributed by atoms with Crippen LogP contribution in [0.1, 0.15) is 10.5 Å². The van der Waals surface area contributed by atoms with E-state index in [4.69, 9.17) is 22.1 Å². The van der Waals surface area contributed by atoms with Gasteiger partial charge in [-0.25, -0.2) is 4.98 Å². The van der Waals surface area contributed by atoms with Crippen LogP contribution in [0.5, 0.6) is 11.5 Å². The van der Waals surface area contributed by atoms with Crippen molar-refractivity contribution in [2.75, 3.05) is 0 Å². The van der Waals surface area contributed by atoms with Gasteiger partial charge in [-0.2, -0.15) is 0 Å². The van der Waals surface area contributed by atoms with E-state index in [0.717, 1.165) is 20.0 Å². The summed E-state index contributed by atoms with van der Waals surface area (Å²) in [6.07, 6.45) is 3.45. The third kappa shape index (κ3) is 3.21. The third-order valence-corrected chi connectivity index (χ3v) is 5.75. The fourth-order valence-corrected chi connectivity index (χ4v) is 4.30. The lowest BCUT2D eigenvalue weighted by molar-refractivity contribution is 0.0996. The zero-order chi connectivity index (χ0) is 17.4. The van der Waals surface area contributed by atoms with Gasteiger partial charge in [-0.15, -0.1) is 22.7 Å². The van der Waals surface area contributed by atoms with Gasteiger partial charge >= 0.3 is 0 Å². The smallest absolute Gasteiger partial charge is 0.268 e. The van der Waals surface area contributed by atoms with E-state index in [1.54, 1.807) is 42.0 Å². The highest BCUT2D eigenvalue weighted by Gasteiger charge is 2.14. The second-order valence-electron chi connectivity index (χ2n) is 5.12. The predicted octanol–water partition coefficient (Wildman–Crippen LogP) is 4.96. The number of hydrogen-bond donors (Lipinski definition) is 1. The molecule has 0 atom stereocenters. The molecule has 1 aromatic carbocycles. The summed E-state index contributed by atoms with van der Waals surface area (Å²) in [5.41, 5.74) is 5.54. The lowest BCUT2D eigenvalue weighted by atomic mass is 10.3. The van der Waals surface area contributed by atoms with Gasteiger partial charge in [0, 0.05) is 22.0 Å². The van der Waals surface area contributed by atoms with E-state index in [2.05, 4.69) is 9.97 Å². The van der Waals surface area contributed by atoms with Gasteiger partial charge in [-0.05, 0) is 30.3 Å². The number of thiazole rings is 1. The summed E-state index contributed by atoms with van der Waals surface area (Å²) in [4.78, 5) is 20.7. The van der Waals surface area contributed by atoms with Crippen LogP contribution in [0.15, 0.2) is 48.1 Å². The van der Waals surface area contributed by atoms with Crippen molar-refractivity contribution in [3.63, 3.8) is 0 Å². The fourth-order valence-electron chi connectivity index (χ4n) is 2.25. The Hall–Kier alpha value is -2.48. The highest BCUT2D eigenvalue weighted by molar-refractivity contribution is 7.25. The van der Waals surface area contributed by atoms with Crippen molar-refractivity contribution in [1.82, 2.24) is 9.97 Å². The standard InChI is InChI=1S/C17H10ClN3O2S2/c18-9-1-3-10(4-2-9)23-13-6-20-7-15-11(13)5-14(25-15)17-21-12(8-24-17)16(19)22/h1-8H,(H2,19,22). The van der Waals surface area contributed by atoms with Crippen molar-refractivity contribution < 1.29 is 9.53 Å². The zero-order valence-electron chi connectivity index (χ0n) is 12.6. The topological polar surface area (TPSA) is 78.1 Å². The molecule has 8 heteroatoms. The molecule has 0 fully saturated rings. The Morgan fingerprint density at radius 1 is 1.20 bits per heavy atom. The van der Waals surface area contributed by atoms with Gasteiger partial charge in [0.15, 0.2) is 5.75 Å².